The van der Waals surface area contributed by atoms with Gasteiger partial charge in [-0.25, -0.2) is 0 Å². The Morgan fingerprint density at radius 2 is 0.797 bits per heavy atom. The summed E-state index contributed by atoms with van der Waals surface area (Å²) in [4.78, 5) is 25.4. The molecule has 1 saturated heterocycles. The Morgan fingerprint density at radius 3 is 1.15 bits per heavy atom. The molecule has 0 aliphatic carbocycles. The minimum Gasteiger partial charge on any atom is -0.462 e. The zero-order valence-corrected chi connectivity index (χ0v) is 38.3. The molecular formula is C49H94O10. The topological polar surface area (TPSA) is 152 Å². The van der Waals surface area contributed by atoms with Gasteiger partial charge in [-0.05, 0) is 12.8 Å². The van der Waals surface area contributed by atoms with Crippen LogP contribution >= 0.6 is 0 Å². The highest BCUT2D eigenvalue weighted by Crippen LogP contribution is 2.23. The van der Waals surface area contributed by atoms with Crippen molar-refractivity contribution in [1.82, 2.24) is 0 Å². The van der Waals surface area contributed by atoms with E-state index >= 15 is 0 Å². The van der Waals surface area contributed by atoms with Crippen molar-refractivity contribution in [2.75, 3.05) is 19.8 Å². The molecule has 0 amide bonds. The van der Waals surface area contributed by atoms with E-state index in [1.807, 2.05) is 0 Å². The predicted molar refractivity (Wildman–Crippen MR) is 238 cm³/mol. The zero-order valence-electron chi connectivity index (χ0n) is 38.3. The van der Waals surface area contributed by atoms with E-state index in [1.165, 1.54) is 173 Å². The number of carbonyl (C=O) groups is 2. The van der Waals surface area contributed by atoms with Crippen molar-refractivity contribution in [2.24, 2.45) is 0 Å². The van der Waals surface area contributed by atoms with Gasteiger partial charge in [-0.15, -0.1) is 0 Å². The van der Waals surface area contributed by atoms with Gasteiger partial charge in [0.2, 0.25) is 0 Å². The minimum absolute atomic E-state index is 0.208. The highest BCUT2D eigenvalue weighted by molar-refractivity contribution is 5.70. The molecule has 0 radical (unpaired) electrons. The first-order valence-corrected chi connectivity index (χ1v) is 25.1. The molecule has 0 spiro atoms. The molecule has 59 heavy (non-hydrogen) atoms. The highest BCUT2D eigenvalue weighted by atomic mass is 16.7. The van der Waals surface area contributed by atoms with Crippen LogP contribution in [0, 0.1) is 0 Å². The van der Waals surface area contributed by atoms with Gasteiger partial charge >= 0.3 is 11.9 Å². The van der Waals surface area contributed by atoms with Crippen LogP contribution in [0.3, 0.4) is 0 Å². The van der Waals surface area contributed by atoms with E-state index < -0.39 is 49.4 Å². The molecule has 1 aliphatic rings. The molecule has 6 atom stereocenters. The number of aliphatic hydroxyl groups is 4. The maximum absolute atomic E-state index is 12.8. The van der Waals surface area contributed by atoms with Crippen LogP contribution in [-0.2, 0) is 28.5 Å². The molecule has 0 aromatic rings. The molecule has 0 saturated carbocycles. The van der Waals surface area contributed by atoms with Gasteiger partial charge in [0.15, 0.2) is 12.4 Å². The third-order valence-corrected chi connectivity index (χ3v) is 12.0. The number of hydrogen-bond acceptors (Lipinski definition) is 10. The van der Waals surface area contributed by atoms with Gasteiger partial charge in [0, 0.05) is 12.8 Å². The summed E-state index contributed by atoms with van der Waals surface area (Å²) in [6.45, 7) is 3.47. The zero-order chi connectivity index (χ0) is 43.0. The molecular weight excluding hydrogens is 749 g/mol. The van der Waals surface area contributed by atoms with Crippen molar-refractivity contribution < 1.29 is 49.0 Å². The molecule has 0 bridgehead atoms. The number of ether oxygens (including phenoxy) is 4. The van der Waals surface area contributed by atoms with Crippen molar-refractivity contribution in [3.05, 3.63) is 0 Å². The SMILES string of the molecule is CCCCCCCCCCCCCCCCCCCCCCC(=O)OC(COC(=O)CCCCCCCCCCCCCCCC)COC1OC(CO)C(O)C(O)C1O. The fraction of sp³-hybridized carbons (Fsp3) is 0.959. The largest absolute Gasteiger partial charge is 0.462 e. The Hall–Kier alpha value is -1.30. The minimum atomic E-state index is -1.59. The fourth-order valence-corrected chi connectivity index (χ4v) is 8.01. The maximum atomic E-state index is 12.8. The summed E-state index contributed by atoms with van der Waals surface area (Å²) >= 11 is 0. The van der Waals surface area contributed by atoms with Gasteiger partial charge < -0.3 is 39.4 Å². The Balaban J connectivity index is 2.24. The molecule has 4 N–H and O–H groups in total. The Labute approximate surface area is 361 Å². The molecule has 1 heterocycles. The van der Waals surface area contributed by atoms with E-state index in [4.69, 9.17) is 18.9 Å². The quantitative estimate of drug-likeness (QED) is 0.0345. The van der Waals surface area contributed by atoms with Gasteiger partial charge in [0.1, 0.15) is 31.0 Å². The van der Waals surface area contributed by atoms with Gasteiger partial charge in [0.25, 0.3) is 0 Å². The van der Waals surface area contributed by atoms with Crippen molar-refractivity contribution in [3.8, 4) is 0 Å². The summed E-state index contributed by atoms with van der Waals surface area (Å²) in [6, 6.07) is 0. The lowest BCUT2D eigenvalue weighted by molar-refractivity contribution is -0.305. The Morgan fingerprint density at radius 1 is 0.458 bits per heavy atom. The number of unbranched alkanes of at least 4 members (excludes halogenated alkanes) is 32. The van der Waals surface area contributed by atoms with E-state index in [0.717, 1.165) is 38.5 Å². The molecule has 10 heteroatoms. The van der Waals surface area contributed by atoms with Crippen LogP contribution in [0.25, 0.3) is 0 Å². The van der Waals surface area contributed by atoms with Crippen molar-refractivity contribution >= 4 is 11.9 Å². The lowest BCUT2D eigenvalue weighted by atomic mass is 9.99. The van der Waals surface area contributed by atoms with E-state index in [1.54, 1.807) is 0 Å². The molecule has 0 aromatic heterocycles. The molecule has 1 aliphatic heterocycles. The highest BCUT2D eigenvalue weighted by Gasteiger charge is 2.44. The van der Waals surface area contributed by atoms with Crippen LogP contribution in [-0.4, -0.2) is 89.0 Å². The first-order chi connectivity index (χ1) is 28.8. The van der Waals surface area contributed by atoms with Crippen molar-refractivity contribution in [1.29, 1.82) is 0 Å². The van der Waals surface area contributed by atoms with Crippen LogP contribution in [0.4, 0.5) is 0 Å². The number of aliphatic hydroxyl groups excluding tert-OH is 4. The van der Waals surface area contributed by atoms with Gasteiger partial charge in [-0.2, -0.15) is 0 Å². The monoisotopic (exact) mass is 843 g/mol. The summed E-state index contributed by atoms with van der Waals surface area (Å²) < 4.78 is 22.2. The van der Waals surface area contributed by atoms with Crippen LogP contribution in [0.1, 0.15) is 245 Å². The Kier molecular flexibility index (Phi) is 38.5. The van der Waals surface area contributed by atoms with E-state index in [-0.39, 0.29) is 32.0 Å². The molecule has 1 fully saturated rings. The van der Waals surface area contributed by atoms with E-state index in [0.29, 0.717) is 6.42 Å². The van der Waals surface area contributed by atoms with Gasteiger partial charge in [-0.1, -0.05) is 219 Å². The van der Waals surface area contributed by atoms with Gasteiger partial charge in [0.05, 0.1) is 13.2 Å². The molecule has 10 nitrogen and oxygen atoms in total. The first-order valence-electron chi connectivity index (χ1n) is 25.1. The van der Waals surface area contributed by atoms with Crippen LogP contribution in [0.15, 0.2) is 0 Å². The third-order valence-electron chi connectivity index (χ3n) is 12.0. The number of hydrogen-bond donors (Lipinski definition) is 4. The Bertz CT molecular complexity index is 932. The average molecular weight is 843 g/mol. The second kappa shape index (κ2) is 40.8. The van der Waals surface area contributed by atoms with E-state index in [2.05, 4.69) is 13.8 Å². The second-order valence-electron chi connectivity index (χ2n) is 17.6. The summed E-state index contributed by atoms with van der Waals surface area (Å²) in [5, 5.41) is 40.1. The van der Waals surface area contributed by atoms with Crippen molar-refractivity contribution in [2.45, 2.75) is 282 Å². The number of rotatable bonds is 43. The third kappa shape index (κ3) is 32.1. The fourth-order valence-electron chi connectivity index (χ4n) is 8.01. The normalized spacial score (nSPS) is 19.9. The summed E-state index contributed by atoms with van der Waals surface area (Å²) in [5.74, 6) is -0.787. The van der Waals surface area contributed by atoms with Crippen LogP contribution in [0.5, 0.6) is 0 Å². The molecule has 6 unspecified atom stereocenters. The van der Waals surface area contributed by atoms with Crippen molar-refractivity contribution in [3.63, 3.8) is 0 Å². The van der Waals surface area contributed by atoms with E-state index in [9.17, 15) is 30.0 Å². The summed E-state index contributed by atoms with van der Waals surface area (Å²) in [7, 11) is 0. The number of carbonyl (C=O) groups excluding carboxylic acids is 2. The lowest BCUT2D eigenvalue weighted by Crippen LogP contribution is -2.59. The maximum Gasteiger partial charge on any atom is 0.306 e. The first kappa shape index (κ1) is 55.7. The lowest BCUT2D eigenvalue weighted by Gasteiger charge is -2.39. The number of esters is 2. The predicted octanol–water partition coefficient (Wildman–Crippen LogP) is 11.3. The smallest absolute Gasteiger partial charge is 0.306 e. The molecule has 350 valence electrons. The second-order valence-corrected chi connectivity index (χ2v) is 17.6. The van der Waals surface area contributed by atoms with Crippen LogP contribution in [0.2, 0.25) is 0 Å². The summed E-state index contributed by atoms with van der Waals surface area (Å²) in [6.07, 6.45) is 35.4. The summed E-state index contributed by atoms with van der Waals surface area (Å²) in [5.41, 5.74) is 0. The van der Waals surface area contributed by atoms with Crippen LogP contribution < -0.4 is 0 Å². The van der Waals surface area contributed by atoms with Gasteiger partial charge in [-0.3, -0.25) is 9.59 Å². The molecule has 1 rings (SSSR count). The molecule has 0 aromatic carbocycles. The average Bonchev–Trinajstić information content (AvgIpc) is 3.23. The standard InChI is InChI=1S/C49H94O10/c1-3-5-7-9-11-13-15-17-19-20-21-22-23-24-26-28-30-32-34-36-38-45(52)58-42(41-57-49-48(55)47(54)46(53)43(39-50)59-49)40-56-44(51)37-35-33-31-29-27-25-18-16-14-12-10-8-6-4-2/h42-43,46-50,53-55H,3-41H2,1-2H3.